The number of hydrogen-bond donors (Lipinski definition) is 1. The first-order valence-electron chi connectivity index (χ1n) is 8.35. The molecule has 1 spiro atoms. The predicted octanol–water partition coefficient (Wildman–Crippen LogP) is 0.676. The lowest BCUT2D eigenvalue weighted by molar-refractivity contribution is -0.152. The minimum Gasteiger partial charge on any atom is -0.357 e. The van der Waals surface area contributed by atoms with Crippen molar-refractivity contribution in [3.63, 3.8) is 0 Å². The van der Waals surface area contributed by atoms with E-state index in [1.165, 1.54) is 0 Å². The normalized spacial score (nSPS) is 24.8. The van der Waals surface area contributed by atoms with E-state index in [1.807, 2.05) is 23.6 Å². The van der Waals surface area contributed by atoms with E-state index in [1.54, 1.807) is 23.2 Å². The zero-order chi connectivity index (χ0) is 17.3. The van der Waals surface area contributed by atoms with E-state index < -0.39 is 5.54 Å². The molecule has 2 aliphatic rings. The SMILES string of the molecule is CC(C)N1CCN(CC#N)C2(CCN(C(=O)c3ccc[nH]3)C2)C1=O. The van der Waals surface area contributed by atoms with Gasteiger partial charge in [-0.05, 0) is 32.4 Å². The molecule has 1 aromatic rings. The van der Waals surface area contributed by atoms with Crippen molar-refractivity contribution < 1.29 is 9.59 Å². The smallest absolute Gasteiger partial charge is 0.270 e. The maximum absolute atomic E-state index is 13.2. The van der Waals surface area contributed by atoms with Gasteiger partial charge in [0.1, 0.15) is 11.2 Å². The second-order valence-corrected chi connectivity index (χ2v) is 6.76. The zero-order valence-electron chi connectivity index (χ0n) is 14.2. The van der Waals surface area contributed by atoms with Gasteiger partial charge >= 0.3 is 0 Å². The van der Waals surface area contributed by atoms with E-state index in [4.69, 9.17) is 5.26 Å². The highest BCUT2D eigenvalue weighted by molar-refractivity contribution is 5.95. The quantitative estimate of drug-likeness (QED) is 0.827. The number of piperazine rings is 1. The van der Waals surface area contributed by atoms with E-state index in [0.717, 1.165) is 0 Å². The van der Waals surface area contributed by atoms with E-state index in [2.05, 4.69) is 11.1 Å². The fourth-order valence-electron chi connectivity index (χ4n) is 3.79. The number of aromatic nitrogens is 1. The Morgan fingerprint density at radius 3 is 2.83 bits per heavy atom. The third kappa shape index (κ3) is 2.57. The van der Waals surface area contributed by atoms with Gasteiger partial charge in [0, 0.05) is 38.4 Å². The number of likely N-dealkylation sites (tertiary alicyclic amines) is 1. The van der Waals surface area contributed by atoms with Crippen LogP contribution in [0.15, 0.2) is 18.3 Å². The van der Waals surface area contributed by atoms with Crippen LogP contribution in [0.3, 0.4) is 0 Å². The number of nitriles is 1. The highest BCUT2D eigenvalue weighted by Crippen LogP contribution is 2.34. The molecule has 0 radical (unpaired) electrons. The number of nitrogens with one attached hydrogen (secondary N) is 1. The van der Waals surface area contributed by atoms with Crippen LogP contribution in [0.2, 0.25) is 0 Å². The third-order valence-electron chi connectivity index (χ3n) is 5.12. The van der Waals surface area contributed by atoms with Crippen LogP contribution in [0.4, 0.5) is 0 Å². The molecule has 2 amide bonds. The van der Waals surface area contributed by atoms with Gasteiger partial charge in [0.15, 0.2) is 0 Å². The van der Waals surface area contributed by atoms with Gasteiger partial charge in [-0.2, -0.15) is 5.26 Å². The fourth-order valence-corrected chi connectivity index (χ4v) is 3.79. The summed E-state index contributed by atoms with van der Waals surface area (Å²) in [6.07, 6.45) is 2.29. The number of carbonyl (C=O) groups is 2. The Balaban J connectivity index is 1.86. The standard InChI is InChI=1S/C17H23N5O2/c1-13(2)22-11-10-21(9-6-18)17(16(22)24)5-8-20(12-17)15(23)14-4-3-7-19-14/h3-4,7,13,19H,5,8-12H2,1-2H3. The van der Waals surface area contributed by atoms with E-state index in [-0.39, 0.29) is 24.4 Å². The lowest BCUT2D eigenvalue weighted by atomic mass is 9.90. The van der Waals surface area contributed by atoms with Gasteiger partial charge < -0.3 is 14.8 Å². The van der Waals surface area contributed by atoms with E-state index >= 15 is 0 Å². The molecule has 1 aromatic heterocycles. The lowest BCUT2D eigenvalue weighted by Crippen LogP contribution is -2.68. The number of carbonyl (C=O) groups excluding carboxylic acids is 2. The summed E-state index contributed by atoms with van der Waals surface area (Å²) < 4.78 is 0. The van der Waals surface area contributed by atoms with Gasteiger partial charge in [-0.1, -0.05) is 0 Å². The number of nitrogens with zero attached hydrogens (tertiary/aromatic N) is 4. The van der Waals surface area contributed by atoms with Crippen LogP contribution in [0.5, 0.6) is 0 Å². The van der Waals surface area contributed by atoms with Crippen LogP contribution in [0.25, 0.3) is 0 Å². The predicted molar refractivity (Wildman–Crippen MR) is 88.1 cm³/mol. The van der Waals surface area contributed by atoms with Crippen molar-refractivity contribution in [3.05, 3.63) is 24.0 Å². The molecular formula is C17H23N5O2. The van der Waals surface area contributed by atoms with Gasteiger partial charge in [0.05, 0.1) is 12.6 Å². The largest absolute Gasteiger partial charge is 0.357 e. The fraction of sp³-hybridized carbons (Fsp3) is 0.588. The molecule has 0 aromatic carbocycles. The number of amides is 2. The molecule has 24 heavy (non-hydrogen) atoms. The molecule has 0 bridgehead atoms. The summed E-state index contributed by atoms with van der Waals surface area (Å²) in [5.41, 5.74) is -0.233. The zero-order valence-corrected chi connectivity index (χ0v) is 14.2. The van der Waals surface area contributed by atoms with Gasteiger partial charge in [-0.15, -0.1) is 0 Å². The monoisotopic (exact) mass is 329 g/mol. The summed E-state index contributed by atoms with van der Waals surface area (Å²) in [4.78, 5) is 34.2. The summed E-state index contributed by atoms with van der Waals surface area (Å²) in [6, 6.07) is 5.81. The molecule has 1 atom stereocenters. The molecule has 0 saturated carbocycles. The van der Waals surface area contributed by atoms with Gasteiger partial charge in [0.25, 0.3) is 5.91 Å². The second-order valence-electron chi connectivity index (χ2n) is 6.76. The van der Waals surface area contributed by atoms with Crippen molar-refractivity contribution >= 4 is 11.8 Å². The first kappa shape index (κ1) is 16.5. The molecule has 128 valence electrons. The molecule has 1 unspecified atom stereocenters. The molecule has 2 saturated heterocycles. The molecule has 7 heteroatoms. The van der Waals surface area contributed by atoms with E-state index in [0.29, 0.717) is 38.3 Å². The van der Waals surface area contributed by atoms with Crippen molar-refractivity contribution in [1.29, 1.82) is 5.26 Å². The topological polar surface area (TPSA) is 83.4 Å². The number of aromatic amines is 1. The highest BCUT2D eigenvalue weighted by Gasteiger charge is 2.54. The van der Waals surface area contributed by atoms with Crippen LogP contribution in [-0.4, -0.2) is 75.8 Å². The van der Waals surface area contributed by atoms with Crippen molar-refractivity contribution in [1.82, 2.24) is 19.7 Å². The maximum atomic E-state index is 13.2. The average Bonchev–Trinajstić information content (AvgIpc) is 3.22. The van der Waals surface area contributed by atoms with Crippen molar-refractivity contribution in [2.75, 3.05) is 32.7 Å². The maximum Gasteiger partial charge on any atom is 0.270 e. The molecule has 3 heterocycles. The third-order valence-corrected chi connectivity index (χ3v) is 5.12. The van der Waals surface area contributed by atoms with Crippen LogP contribution in [0.1, 0.15) is 30.8 Å². The number of rotatable bonds is 3. The van der Waals surface area contributed by atoms with Crippen LogP contribution in [-0.2, 0) is 4.79 Å². The summed E-state index contributed by atoms with van der Waals surface area (Å²) >= 11 is 0. The Hall–Kier alpha value is -2.33. The Morgan fingerprint density at radius 1 is 1.42 bits per heavy atom. The Labute approximate surface area is 141 Å². The molecule has 2 aliphatic heterocycles. The van der Waals surface area contributed by atoms with E-state index in [9.17, 15) is 9.59 Å². The van der Waals surface area contributed by atoms with Gasteiger partial charge in [-0.3, -0.25) is 14.5 Å². The van der Waals surface area contributed by atoms with Crippen molar-refractivity contribution in [2.45, 2.75) is 31.8 Å². The van der Waals surface area contributed by atoms with Gasteiger partial charge in [0.2, 0.25) is 5.91 Å². The van der Waals surface area contributed by atoms with Gasteiger partial charge in [-0.25, -0.2) is 0 Å². The summed E-state index contributed by atoms with van der Waals surface area (Å²) in [7, 11) is 0. The summed E-state index contributed by atoms with van der Waals surface area (Å²) in [6.45, 7) is 6.38. The van der Waals surface area contributed by atoms with Crippen LogP contribution in [0, 0.1) is 11.3 Å². The molecule has 0 aliphatic carbocycles. The van der Waals surface area contributed by atoms with Crippen molar-refractivity contribution in [2.24, 2.45) is 0 Å². The summed E-state index contributed by atoms with van der Waals surface area (Å²) in [5.74, 6) is -0.0518. The minimum atomic E-state index is -0.763. The first-order chi connectivity index (χ1) is 11.5. The molecule has 7 nitrogen and oxygen atoms in total. The number of H-pyrrole nitrogens is 1. The van der Waals surface area contributed by atoms with Crippen LogP contribution >= 0.6 is 0 Å². The average molecular weight is 329 g/mol. The van der Waals surface area contributed by atoms with Crippen molar-refractivity contribution in [3.8, 4) is 6.07 Å². The number of hydrogen-bond acceptors (Lipinski definition) is 4. The highest BCUT2D eigenvalue weighted by atomic mass is 16.2. The lowest BCUT2D eigenvalue weighted by Gasteiger charge is -2.48. The Kier molecular flexibility index (Phi) is 4.33. The molecule has 2 fully saturated rings. The Morgan fingerprint density at radius 2 is 2.21 bits per heavy atom. The summed E-state index contributed by atoms with van der Waals surface area (Å²) in [5, 5.41) is 9.15. The minimum absolute atomic E-state index is 0.0424. The second kappa shape index (κ2) is 6.29. The molecule has 1 N–H and O–H groups in total. The first-order valence-corrected chi connectivity index (χ1v) is 8.35. The molecule has 3 rings (SSSR count). The van der Waals surface area contributed by atoms with Crippen LogP contribution < -0.4 is 0 Å². The Bertz CT molecular complexity index is 663. The molecular weight excluding hydrogens is 306 g/mol.